The van der Waals surface area contributed by atoms with Gasteiger partial charge in [0.1, 0.15) is 28.9 Å². The van der Waals surface area contributed by atoms with Crippen LogP contribution in [0.4, 0.5) is 18.4 Å². The van der Waals surface area contributed by atoms with Gasteiger partial charge in [-0.1, -0.05) is 24.3 Å². The van der Waals surface area contributed by atoms with Crippen molar-refractivity contribution in [1.82, 2.24) is 43.6 Å². The molecule has 66 heavy (non-hydrogen) atoms. The number of hydrogen-bond donors (Lipinski definition) is 0. The zero-order valence-electron chi connectivity index (χ0n) is 41.0. The summed E-state index contributed by atoms with van der Waals surface area (Å²) in [5.41, 5.74) is 2.82. The van der Waals surface area contributed by atoms with E-state index < -0.39 is 23.3 Å². The van der Waals surface area contributed by atoms with Crippen molar-refractivity contribution in [2.45, 2.75) is 116 Å². The first-order valence-electron chi connectivity index (χ1n) is 22.5. The number of nitrogens with zero attached hydrogens (tertiary/aromatic N) is 9. The molecule has 4 saturated heterocycles. The Hall–Kier alpha value is -4.68. The van der Waals surface area contributed by atoms with Gasteiger partial charge in [0, 0.05) is 71.7 Å². The Bertz CT molecular complexity index is 2340. The van der Waals surface area contributed by atoms with Crippen LogP contribution in [-0.2, 0) is 19.1 Å². The van der Waals surface area contributed by atoms with E-state index in [0.717, 1.165) is 22.5 Å². The van der Waals surface area contributed by atoms with Crippen LogP contribution < -0.4 is 29.6 Å². The van der Waals surface area contributed by atoms with E-state index in [1.54, 1.807) is 58.7 Å². The van der Waals surface area contributed by atoms with Crippen LogP contribution in [0.1, 0.15) is 116 Å². The average molecular weight is 924 g/mol. The summed E-state index contributed by atoms with van der Waals surface area (Å²) >= 11 is 0. The molecule has 4 aliphatic rings. The van der Waals surface area contributed by atoms with Crippen LogP contribution in [0, 0.1) is 11.6 Å². The van der Waals surface area contributed by atoms with Crippen molar-refractivity contribution in [1.29, 1.82) is 0 Å². The third-order valence-corrected chi connectivity index (χ3v) is 12.7. The summed E-state index contributed by atoms with van der Waals surface area (Å²) in [6.45, 7) is 18.4. The number of piperazine rings is 3. The van der Waals surface area contributed by atoms with Gasteiger partial charge in [-0.2, -0.15) is 0 Å². The molecule has 0 N–H and O–H groups in total. The molecule has 0 spiro atoms. The SMILES string of the molecule is C[C@H](c1ccc(F)cc1)n1cncc1C1CCC(=O)C2CN(C(=O)OC(C)(C)C)CCN21.C[C@H](c1ccc(F)cc1)n1cncc1C1CN(C)C(=O)C2CN(C(=O)OC(C)(C)C)CCN21.[H-].[Na+]. The number of rotatable bonds is 6. The van der Waals surface area contributed by atoms with E-state index in [4.69, 9.17) is 9.47 Å². The van der Waals surface area contributed by atoms with E-state index in [9.17, 15) is 28.0 Å². The summed E-state index contributed by atoms with van der Waals surface area (Å²) in [5, 5.41) is 0. The zero-order chi connectivity index (χ0) is 47.0. The van der Waals surface area contributed by atoms with E-state index in [1.165, 1.54) is 24.3 Å². The molecule has 0 bridgehead atoms. The van der Waals surface area contributed by atoms with Gasteiger partial charge in [0.15, 0.2) is 5.78 Å². The van der Waals surface area contributed by atoms with Crippen molar-refractivity contribution in [3.63, 3.8) is 0 Å². The molecule has 6 atom stereocenters. The van der Waals surface area contributed by atoms with Crippen LogP contribution in [0.25, 0.3) is 0 Å². The molecule has 8 rings (SSSR count). The molecule has 3 amide bonds. The number of fused-ring (bicyclic) bond motifs is 2. The number of carbonyl (C=O) groups is 4. The maximum atomic E-state index is 13.4. The smallest absolute Gasteiger partial charge is 1.00 e. The van der Waals surface area contributed by atoms with Crippen LogP contribution in [0.5, 0.6) is 0 Å². The topological polar surface area (TPSA) is 139 Å². The Labute approximate surface area is 410 Å². The number of benzene rings is 2. The molecule has 2 aromatic heterocycles. The molecule has 2 aromatic carbocycles. The van der Waals surface area contributed by atoms with Crippen molar-refractivity contribution in [2.24, 2.45) is 0 Å². The Kier molecular flexibility index (Phi) is 15.9. The van der Waals surface area contributed by atoms with E-state index >= 15 is 0 Å². The third kappa shape index (κ3) is 11.5. The predicted octanol–water partition coefficient (Wildman–Crippen LogP) is 4.14. The number of hydrogen-bond acceptors (Lipinski definition) is 10. The molecule has 15 nitrogen and oxygen atoms in total. The van der Waals surface area contributed by atoms with Crippen molar-refractivity contribution in [3.05, 3.63) is 108 Å². The first-order chi connectivity index (χ1) is 30.7. The first kappa shape index (κ1) is 50.7. The summed E-state index contributed by atoms with van der Waals surface area (Å²) in [4.78, 5) is 69.2. The number of ketones is 1. The predicted molar refractivity (Wildman–Crippen MR) is 240 cm³/mol. The molecule has 4 fully saturated rings. The summed E-state index contributed by atoms with van der Waals surface area (Å²) in [6, 6.07) is 12.1. The summed E-state index contributed by atoms with van der Waals surface area (Å²) in [5.74, 6) is -0.373. The Balaban J connectivity index is 0.000000244. The fourth-order valence-corrected chi connectivity index (χ4v) is 9.33. The largest absolute Gasteiger partial charge is 1.00 e. The normalized spacial score (nSPS) is 22.6. The second-order valence-corrected chi connectivity index (χ2v) is 19.5. The Morgan fingerprint density at radius 2 is 1.08 bits per heavy atom. The first-order valence-corrected chi connectivity index (χ1v) is 22.5. The van der Waals surface area contributed by atoms with Crippen molar-refractivity contribution >= 4 is 23.9 Å². The fourth-order valence-electron chi connectivity index (χ4n) is 9.33. The van der Waals surface area contributed by atoms with Crippen molar-refractivity contribution < 1.29 is 68.4 Å². The van der Waals surface area contributed by atoms with Crippen LogP contribution in [0.2, 0.25) is 0 Å². The Morgan fingerprint density at radius 3 is 1.53 bits per heavy atom. The summed E-state index contributed by atoms with van der Waals surface area (Å²) in [7, 11) is 1.79. The number of Topliss-reactive ketones (excluding diaryl/α,β-unsaturated/α-hetero) is 1. The van der Waals surface area contributed by atoms with Crippen molar-refractivity contribution in [2.75, 3.05) is 52.9 Å². The number of likely N-dealkylation sites (N-methyl/N-ethyl adjacent to an activating group) is 1. The quantitative estimate of drug-likeness (QED) is 0.260. The standard InChI is InChI=1S/C24H32FN5O3.C24H31FN4O3.Na.H/c1-16(17-6-8-18(25)9-7-17)30-15-26-12-19(30)20-13-27(5)22(31)21-14-28(10-11-29(20)21)23(32)33-24(2,3)4;1-16(17-5-7-18(25)8-6-17)29-15-26-13-20(29)19-9-10-22(30)21-14-27(11-12-28(19)21)23(31)32-24(2,3)4;;/h6-9,12,15-16,20-21H,10-11,13-14H2,1-5H3;5-8,13,15-16,19,21H,9-12,14H2,1-4H3;;/q;;+1;-1/t16-,20?,21?;16-,19?,21?;;/m11../s1. The van der Waals surface area contributed by atoms with Crippen LogP contribution in [-0.4, -0.2) is 144 Å². The van der Waals surface area contributed by atoms with Gasteiger partial charge < -0.3 is 34.7 Å². The number of amides is 3. The van der Waals surface area contributed by atoms with Gasteiger partial charge in [-0.3, -0.25) is 19.4 Å². The minimum absolute atomic E-state index is 0. The molecule has 4 unspecified atom stereocenters. The molecule has 0 radical (unpaired) electrons. The maximum Gasteiger partial charge on any atom is 1.00 e. The number of piperidine rings is 1. The van der Waals surface area contributed by atoms with Gasteiger partial charge in [-0.15, -0.1) is 0 Å². The molecule has 18 heteroatoms. The molecule has 4 aliphatic heterocycles. The fraction of sp³-hybridized carbons (Fsp3) is 0.542. The minimum Gasteiger partial charge on any atom is -1.00 e. The summed E-state index contributed by atoms with van der Waals surface area (Å²) < 4.78 is 42.0. The number of ether oxygens (including phenoxy) is 2. The van der Waals surface area contributed by atoms with Gasteiger partial charge in [0.2, 0.25) is 5.91 Å². The molecule has 0 saturated carbocycles. The van der Waals surface area contributed by atoms with Crippen LogP contribution in [0.3, 0.4) is 0 Å². The second kappa shape index (κ2) is 20.7. The van der Waals surface area contributed by atoms with Gasteiger partial charge in [0.05, 0.1) is 54.3 Å². The van der Waals surface area contributed by atoms with Crippen LogP contribution >= 0.6 is 0 Å². The molecular formula is C48H64F2N9NaO6. The number of carbonyl (C=O) groups excluding carboxylic acids is 4. The summed E-state index contributed by atoms with van der Waals surface area (Å²) in [6.07, 6.45) is 7.69. The number of aromatic nitrogens is 4. The van der Waals surface area contributed by atoms with E-state index in [0.29, 0.717) is 52.1 Å². The molecule has 352 valence electrons. The van der Waals surface area contributed by atoms with Gasteiger partial charge in [0.25, 0.3) is 0 Å². The number of halogens is 2. The third-order valence-electron chi connectivity index (χ3n) is 12.7. The average Bonchev–Trinajstić information content (AvgIpc) is 3.95. The van der Waals surface area contributed by atoms with Gasteiger partial charge in [-0.05, 0) is 97.2 Å². The second-order valence-electron chi connectivity index (χ2n) is 19.5. The molecule has 0 aliphatic carbocycles. The van der Waals surface area contributed by atoms with Gasteiger partial charge in [-0.25, -0.2) is 28.3 Å². The molecule has 6 heterocycles. The van der Waals surface area contributed by atoms with Crippen LogP contribution in [0.15, 0.2) is 73.6 Å². The van der Waals surface area contributed by atoms with E-state index in [-0.39, 0.29) is 97.2 Å². The Morgan fingerprint density at radius 1 is 0.652 bits per heavy atom. The zero-order valence-corrected chi connectivity index (χ0v) is 42.0. The van der Waals surface area contributed by atoms with Crippen molar-refractivity contribution in [3.8, 4) is 0 Å². The maximum absolute atomic E-state index is 13.4. The molecule has 4 aromatic rings. The van der Waals surface area contributed by atoms with E-state index in [1.807, 2.05) is 60.9 Å². The monoisotopic (exact) mass is 923 g/mol. The molecular weight excluding hydrogens is 860 g/mol. The van der Waals surface area contributed by atoms with E-state index in [2.05, 4.69) is 35.8 Å². The number of imidazole rings is 2. The minimum atomic E-state index is -0.590. The van der Waals surface area contributed by atoms with Gasteiger partial charge >= 0.3 is 41.7 Å².